The topological polar surface area (TPSA) is 52.6 Å². The number of aliphatic hydroxyl groups is 1. The van der Waals surface area contributed by atoms with Crippen LogP contribution in [0.4, 0.5) is 0 Å². The Morgan fingerprint density at radius 3 is 2.88 bits per heavy atom. The van der Waals surface area contributed by atoms with Crippen molar-refractivity contribution in [2.24, 2.45) is 5.92 Å². The van der Waals surface area contributed by atoms with Crippen LogP contribution in [0.1, 0.15) is 32.6 Å². The minimum absolute atomic E-state index is 0.134. The van der Waals surface area contributed by atoms with Gasteiger partial charge in [-0.25, -0.2) is 0 Å². The molecule has 1 saturated heterocycles. The zero-order valence-corrected chi connectivity index (χ0v) is 10.4. The smallest absolute Gasteiger partial charge is 0.220 e. The van der Waals surface area contributed by atoms with Gasteiger partial charge in [0.15, 0.2) is 0 Å². The van der Waals surface area contributed by atoms with Gasteiger partial charge in [-0.2, -0.15) is 0 Å². The van der Waals surface area contributed by atoms with Gasteiger partial charge >= 0.3 is 0 Å². The molecule has 1 aliphatic heterocycles. The summed E-state index contributed by atoms with van der Waals surface area (Å²) in [5, 5.41) is 11.7. The van der Waals surface area contributed by atoms with Gasteiger partial charge in [-0.1, -0.05) is 6.92 Å². The summed E-state index contributed by atoms with van der Waals surface area (Å²) in [5.74, 6) is 0.662. The van der Waals surface area contributed by atoms with Gasteiger partial charge in [-0.3, -0.25) is 4.79 Å². The molecular formula is C12H24N2O2. The fraction of sp³-hybridized carbons (Fsp3) is 0.917. The molecule has 4 heteroatoms. The van der Waals surface area contributed by atoms with Crippen LogP contribution in [-0.2, 0) is 4.79 Å². The Bertz CT molecular complexity index is 221. The maximum absolute atomic E-state index is 11.6. The average molecular weight is 228 g/mol. The Balaban J connectivity index is 2.22. The minimum atomic E-state index is 0.134. The molecule has 0 aromatic carbocycles. The largest absolute Gasteiger partial charge is 0.396 e. The van der Waals surface area contributed by atoms with Crippen LogP contribution in [0, 0.1) is 5.92 Å². The maximum atomic E-state index is 11.6. The molecule has 1 fully saturated rings. The Labute approximate surface area is 98.0 Å². The minimum Gasteiger partial charge on any atom is -0.396 e. The van der Waals surface area contributed by atoms with E-state index in [2.05, 4.69) is 24.2 Å². The molecular weight excluding hydrogens is 204 g/mol. The summed E-state index contributed by atoms with van der Waals surface area (Å²) in [6, 6.07) is 0.331. The van der Waals surface area contributed by atoms with Crippen molar-refractivity contribution in [2.45, 2.75) is 38.6 Å². The second-order valence-corrected chi connectivity index (χ2v) is 4.88. The normalized spacial score (nSPS) is 26.7. The van der Waals surface area contributed by atoms with Crippen molar-refractivity contribution in [3.8, 4) is 0 Å². The number of nitrogens with zero attached hydrogens (tertiary/aromatic N) is 1. The summed E-state index contributed by atoms with van der Waals surface area (Å²) in [6.45, 7) is 4.49. The van der Waals surface area contributed by atoms with Crippen molar-refractivity contribution in [1.29, 1.82) is 0 Å². The van der Waals surface area contributed by atoms with Crippen LogP contribution in [-0.4, -0.2) is 48.7 Å². The third-order valence-electron chi connectivity index (χ3n) is 3.27. The molecule has 0 spiro atoms. The molecule has 2 unspecified atom stereocenters. The summed E-state index contributed by atoms with van der Waals surface area (Å²) in [6.07, 6.45) is 3.09. The van der Waals surface area contributed by atoms with Gasteiger partial charge in [-0.05, 0) is 38.8 Å². The van der Waals surface area contributed by atoms with Gasteiger partial charge < -0.3 is 15.3 Å². The number of nitrogens with one attached hydrogen (secondary N) is 1. The van der Waals surface area contributed by atoms with Crippen LogP contribution in [0.25, 0.3) is 0 Å². The lowest BCUT2D eigenvalue weighted by atomic mass is 9.94. The van der Waals surface area contributed by atoms with Crippen LogP contribution >= 0.6 is 0 Å². The molecule has 16 heavy (non-hydrogen) atoms. The lowest BCUT2D eigenvalue weighted by Gasteiger charge is -2.35. The standard InChI is InChI=1S/C12H24N2O2/c1-10-9-14(2)7-6-11(10)13-12(16)5-3-4-8-15/h10-11,15H,3-9H2,1-2H3,(H,13,16). The molecule has 94 valence electrons. The second kappa shape index (κ2) is 6.86. The molecule has 0 aromatic heterocycles. The number of carbonyl (C=O) groups is 1. The Hall–Kier alpha value is -0.610. The molecule has 0 radical (unpaired) electrons. The van der Waals surface area contributed by atoms with E-state index in [9.17, 15) is 4.79 Å². The first-order valence-electron chi connectivity index (χ1n) is 6.22. The highest BCUT2D eigenvalue weighted by molar-refractivity contribution is 5.76. The lowest BCUT2D eigenvalue weighted by molar-refractivity contribution is -0.122. The van der Waals surface area contributed by atoms with Crippen LogP contribution in [0.3, 0.4) is 0 Å². The van der Waals surface area contributed by atoms with Crippen LogP contribution in [0.15, 0.2) is 0 Å². The third kappa shape index (κ3) is 4.49. The molecule has 2 N–H and O–H groups in total. The molecule has 1 rings (SSSR count). The fourth-order valence-corrected chi connectivity index (χ4v) is 2.24. The predicted molar refractivity (Wildman–Crippen MR) is 64.1 cm³/mol. The van der Waals surface area contributed by atoms with E-state index in [4.69, 9.17) is 5.11 Å². The molecule has 1 amide bonds. The highest BCUT2D eigenvalue weighted by Gasteiger charge is 2.24. The maximum Gasteiger partial charge on any atom is 0.220 e. The first-order valence-corrected chi connectivity index (χ1v) is 6.22. The molecule has 0 aliphatic carbocycles. The third-order valence-corrected chi connectivity index (χ3v) is 3.27. The van der Waals surface area contributed by atoms with Crippen molar-refractivity contribution in [3.05, 3.63) is 0 Å². The van der Waals surface area contributed by atoms with Crippen LogP contribution in [0.5, 0.6) is 0 Å². The van der Waals surface area contributed by atoms with Crippen LogP contribution in [0.2, 0.25) is 0 Å². The monoisotopic (exact) mass is 228 g/mol. The van der Waals surface area contributed by atoms with Crippen LogP contribution < -0.4 is 5.32 Å². The molecule has 0 bridgehead atoms. The molecule has 1 heterocycles. The predicted octanol–water partition coefficient (Wildman–Crippen LogP) is 0.605. The summed E-state index contributed by atoms with van der Waals surface area (Å²) in [5.41, 5.74) is 0. The SMILES string of the molecule is CC1CN(C)CCC1NC(=O)CCCCO. The van der Waals surface area contributed by atoms with Gasteiger partial charge in [-0.15, -0.1) is 0 Å². The highest BCUT2D eigenvalue weighted by atomic mass is 16.2. The lowest BCUT2D eigenvalue weighted by Crippen LogP contribution is -2.48. The van der Waals surface area contributed by atoms with Gasteiger partial charge in [0.2, 0.25) is 5.91 Å². The Morgan fingerprint density at radius 1 is 1.50 bits per heavy atom. The molecule has 1 aliphatic rings. The number of amides is 1. The molecule has 2 atom stereocenters. The van der Waals surface area contributed by atoms with E-state index in [1.807, 2.05) is 0 Å². The van der Waals surface area contributed by atoms with E-state index in [1.165, 1.54) is 0 Å². The van der Waals surface area contributed by atoms with Gasteiger partial charge in [0, 0.05) is 25.6 Å². The van der Waals surface area contributed by atoms with Crippen molar-refractivity contribution < 1.29 is 9.90 Å². The summed E-state index contributed by atoms with van der Waals surface area (Å²) < 4.78 is 0. The van der Waals surface area contributed by atoms with Crippen molar-refractivity contribution in [3.63, 3.8) is 0 Å². The van der Waals surface area contributed by atoms with Gasteiger partial charge in [0.1, 0.15) is 0 Å². The van der Waals surface area contributed by atoms with E-state index in [-0.39, 0.29) is 12.5 Å². The second-order valence-electron chi connectivity index (χ2n) is 4.88. The van der Waals surface area contributed by atoms with Crippen molar-refractivity contribution in [1.82, 2.24) is 10.2 Å². The van der Waals surface area contributed by atoms with Crippen molar-refractivity contribution >= 4 is 5.91 Å². The highest BCUT2D eigenvalue weighted by Crippen LogP contribution is 2.15. The summed E-state index contributed by atoms with van der Waals surface area (Å²) in [4.78, 5) is 13.9. The number of piperidine rings is 1. The Morgan fingerprint density at radius 2 is 2.25 bits per heavy atom. The van der Waals surface area contributed by atoms with Gasteiger partial charge in [0.25, 0.3) is 0 Å². The number of likely N-dealkylation sites (tertiary alicyclic amines) is 1. The first kappa shape index (κ1) is 13.5. The molecule has 4 nitrogen and oxygen atoms in total. The quantitative estimate of drug-likeness (QED) is 0.678. The number of aliphatic hydroxyl groups excluding tert-OH is 1. The average Bonchev–Trinajstić information content (AvgIpc) is 2.23. The number of hydrogen-bond donors (Lipinski definition) is 2. The zero-order chi connectivity index (χ0) is 12.0. The molecule has 0 aromatic rings. The van der Waals surface area contributed by atoms with E-state index in [0.29, 0.717) is 18.4 Å². The zero-order valence-electron chi connectivity index (χ0n) is 10.4. The number of unbranched alkanes of at least 4 members (excludes halogenated alkanes) is 1. The first-order chi connectivity index (χ1) is 7.63. The van der Waals surface area contributed by atoms with Gasteiger partial charge in [0.05, 0.1) is 0 Å². The fourth-order valence-electron chi connectivity index (χ4n) is 2.24. The number of carbonyl (C=O) groups excluding carboxylic acids is 1. The number of hydrogen-bond acceptors (Lipinski definition) is 3. The van der Waals surface area contributed by atoms with Crippen molar-refractivity contribution in [2.75, 3.05) is 26.7 Å². The number of rotatable bonds is 5. The molecule has 0 saturated carbocycles. The summed E-state index contributed by atoms with van der Waals surface area (Å²) >= 11 is 0. The summed E-state index contributed by atoms with van der Waals surface area (Å²) in [7, 11) is 2.12. The Kier molecular flexibility index (Phi) is 5.77. The van der Waals surface area contributed by atoms with E-state index < -0.39 is 0 Å². The van der Waals surface area contributed by atoms with E-state index >= 15 is 0 Å². The van der Waals surface area contributed by atoms with E-state index in [0.717, 1.165) is 32.4 Å². The van der Waals surface area contributed by atoms with E-state index in [1.54, 1.807) is 0 Å².